The molecule has 0 aliphatic rings. The Balaban J connectivity index is 0.00000256. The van der Waals surface area contributed by atoms with Crippen LogP contribution in [0.5, 0.6) is 0 Å². The van der Waals surface area contributed by atoms with Gasteiger partial charge < -0.3 is 0 Å². The Bertz CT molecular complexity index is 409. The Labute approximate surface area is 115 Å². The average Bonchev–Trinajstić information content (AvgIpc) is 2.23. The molecule has 0 aliphatic carbocycles. The fraction of sp³-hybridized carbons (Fsp3) is 0.500. The summed E-state index contributed by atoms with van der Waals surface area (Å²) >= 11 is 1.62. The van der Waals surface area contributed by atoms with Crippen LogP contribution in [-0.4, -0.2) is 5.04 Å². The zero-order valence-corrected chi connectivity index (χ0v) is 13.2. The van der Waals surface area contributed by atoms with E-state index in [1.165, 1.54) is 33.4 Å². The summed E-state index contributed by atoms with van der Waals surface area (Å²) in [6.45, 7) is 12.8. The maximum atomic E-state index is 7.50. The smallest absolute Gasteiger partial charge is 0.0613 e. The van der Waals surface area contributed by atoms with Crippen molar-refractivity contribution in [3.8, 4) is 0 Å². The van der Waals surface area contributed by atoms with E-state index >= 15 is 0 Å². The van der Waals surface area contributed by atoms with Gasteiger partial charge in [0.25, 0.3) is 0 Å². The summed E-state index contributed by atoms with van der Waals surface area (Å²) in [4.78, 5) is 0. The number of nitrogens with one attached hydrogen (secondary N) is 1. The van der Waals surface area contributed by atoms with Crippen LogP contribution in [0.25, 0.3) is 0 Å². The molecule has 0 aromatic heterocycles. The van der Waals surface area contributed by atoms with Gasteiger partial charge in [-0.1, -0.05) is 0 Å². The molecule has 0 saturated heterocycles. The third kappa shape index (κ3) is 3.49. The maximum Gasteiger partial charge on any atom is 0.0613 e. The van der Waals surface area contributed by atoms with Gasteiger partial charge in [0.2, 0.25) is 0 Å². The fourth-order valence-electron chi connectivity index (χ4n) is 1.97. The van der Waals surface area contributed by atoms with Crippen molar-refractivity contribution >= 4 is 29.2 Å². The monoisotopic (exact) mass is 271 g/mol. The molecule has 0 heterocycles. The van der Waals surface area contributed by atoms with E-state index in [0.29, 0.717) is 5.04 Å². The molecule has 1 N–H and O–H groups in total. The van der Waals surface area contributed by atoms with E-state index in [9.17, 15) is 0 Å². The van der Waals surface area contributed by atoms with Gasteiger partial charge in [-0.2, -0.15) is 0 Å². The van der Waals surface area contributed by atoms with Crippen molar-refractivity contribution in [3.05, 3.63) is 33.4 Å². The molecular weight excluding hydrogens is 250 g/mol. The molecule has 0 radical (unpaired) electrons. The highest BCUT2D eigenvalue weighted by Gasteiger charge is 2.12. The lowest BCUT2D eigenvalue weighted by Gasteiger charge is -2.18. The van der Waals surface area contributed by atoms with Crippen LogP contribution < -0.4 is 0 Å². The number of halogens is 1. The van der Waals surface area contributed by atoms with Crippen LogP contribution in [-0.2, 0) is 5.75 Å². The second kappa shape index (κ2) is 6.46. The van der Waals surface area contributed by atoms with E-state index in [1.807, 2.05) is 6.92 Å². The summed E-state index contributed by atoms with van der Waals surface area (Å²) in [5, 5.41) is 8.19. The zero-order valence-electron chi connectivity index (χ0n) is 11.5. The minimum atomic E-state index is 0. The summed E-state index contributed by atoms with van der Waals surface area (Å²) in [5.74, 6) is 0.926. The third-order valence-corrected chi connectivity index (χ3v) is 4.45. The van der Waals surface area contributed by atoms with Crippen molar-refractivity contribution < 1.29 is 0 Å². The quantitative estimate of drug-likeness (QED) is 0.601. The second-order valence-electron chi connectivity index (χ2n) is 4.45. The predicted molar refractivity (Wildman–Crippen MR) is 82.1 cm³/mol. The van der Waals surface area contributed by atoms with Crippen LogP contribution in [0.2, 0.25) is 0 Å². The Kier molecular flexibility index (Phi) is 6.28. The molecule has 0 atom stereocenters. The molecule has 3 heteroatoms. The first-order valence-electron chi connectivity index (χ1n) is 5.60. The number of rotatable bonds is 2. The van der Waals surface area contributed by atoms with Crippen molar-refractivity contribution in [3.63, 3.8) is 0 Å². The number of thioether (sulfide) groups is 1. The lowest BCUT2D eigenvalue weighted by molar-refractivity contribution is 1.12. The Morgan fingerprint density at radius 3 is 1.59 bits per heavy atom. The molecule has 96 valence electrons. The Morgan fingerprint density at radius 1 is 0.882 bits per heavy atom. The SMILES string of the molecule is CC(=N)SCc1c(C)c(C)c(C)c(C)c1C.Cl. The molecule has 17 heavy (non-hydrogen) atoms. The highest BCUT2D eigenvalue weighted by molar-refractivity contribution is 8.13. The van der Waals surface area contributed by atoms with Crippen LogP contribution in [0.1, 0.15) is 40.3 Å². The van der Waals surface area contributed by atoms with Crippen molar-refractivity contribution in [1.82, 2.24) is 0 Å². The molecule has 0 spiro atoms. The molecule has 0 amide bonds. The first-order chi connectivity index (χ1) is 7.36. The van der Waals surface area contributed by atoms with Crippen LogP contribution >= 0.6 is 24.2 Å². The highest BCUT2D eigenvalue weighted by atomic mass is 35.5. The maximum absolute atomic E-state index is 7.50. The summed E-state index contributed by atoms with van der Waals surface area (Å²) in [6, 6.07) is 0. The van der Waals surface area contributed by atoms with Crippen molar-refractivity contribution in [2.45, 2.75) is 47.3 Å². The van der Waals surface area contributed by atoms with Gasteiger partial charge in [0, 0.05) is 5.75 Å². The third-order valence-electron chi connectivity index (χ3n) is 3.59. The summed E-state index contributed by atoms with van der Waals surface area (Å²) in [5.41, 5.74) is 8.43. The summed E-state index contributed by atoms with van der Waals surface area (Å²) in [6.07, 6.45) is 0. The molecule has 1 aromatic rings. The van der Waals surface area contributed by atoms with Gasteiger partial charge in [-0.05, 0) is 74.9 Å². The summed E-state index contributed by atoms with van der Waals surface area (Å²) < 4.78 is 0. The fourth-order valence-corrected chi connectivity index (χ4v) is 2.77. The number of hydrogen-bond acceptors (Lipinski definition) is 2. The van der Waals surface area contributed by atoms with Gasteiger partial charge in [-0.3, -0.25) is 5.41 Å². The van der Waals surface area contributed by atoms with Crippen LogP contribution in [0.15, 0.2) is 0 Å². The molecule has 0 unspecified atom stereocenters. The van der Waals surface area contributed by atoms with Gasteiger partial charge in [0.05, 0.1) is 5.04 Å². The first kappa shape index (κ1) is 16.5. The number of hydrogen-bond donors (Lipinski definition) is 1. The molecular formula is C14H22ClNS. The topological polar surface area (TPSA) is 23.9 Å². The predicted octanol–water partition coefficient (Wildman–Crippen LogP) is 4.88. The molecule has 1 rings (SSSR count). The zero-order chi connectivity index (χ0) is 12.5. The van der Waals surface area contributed by atoms with Gasteiger partial charge >= 0.3 is 0 Å². The normalized spacial score (nSPS) is 10.0. The lowest BCUT2D eigenvalue weighted by Crippen LogP contribution is -2.02. The standard InChI is InChI=1S/C14H21NS.ClH/c1-8-9(2)11(4)14(7-16-13(6)15)12(5)10(8)3;/h15H,7H2,1-6H3;1H. The van der Waals surface area contributed by atoms with Crippen LogP contribution in [0, 0.1) is 40.0 Å². The van der Waals surface area contributed by atoms with Gasteiger partial charge in [0.1, 0.15) is 0 Å². The van der Waals surface area contributed by atoms with Gasteiger partial charge in [-0.15, -0.1) is 24.2 Å². The van der Waals surface area contributed by atoms with Crippen LogP contribution in [0.4, 0.5) is 0 Å². The van der Waals surface area contributed by atoms with Crippen molar-refractivity contribution in [2.75, 3.05) is 0 Å². The molecule has 1 aromatic carbocycles. The van der Waals surface area contributed by atoms with Crippen molar-refractivity contribution in [1.29, 1.82) is 5.41 Å². The van der Waals surface area contributed by atoms with E-state index in [4.69, 9.17) is 5.41 Å². The molecule has 0 fully saturated rings. The minimum absolute atomic E-state index is 0. The molecule has 0 aliphatic heterocycles. The number of benzene rings is 1. The highest BCUT2D eigenvalue weighted by Crippen LogP contribution is 2.28. The van der Waals surface area contributed by atoms with Crippen molar-refractivity contribution in [2.24, 2.45) is 0 Å². The van der Waals surface area contributed by atoms with Gasteiger partial charge in [0.15, 0.2) is 0 Å². The second-order valence-corrected chi connectivity index (χ2v) is 5.64. The molecule has 1 nitrogen and oxygen atoms in total. The van der Waals surface area contributed by atoms with E-state index in [2.05, 4.69) is 34.6 Å². The molecule has 0 saturated carbocycles. The average molecular weight is 272 g/mol. The van der Waals surface area contributed by atoms with Gasteiger partial charge in [-0.25, -0.2) is 0 Å². The largest absolute Gasteiger partial charge is 0.299 e. The van der Waals surface area contributed by atoms with E-state index in [1.54, 1.807) is 11.8 Å². The van der Waals surface area contributed by atoms with Crippen LogP contribution in [0.3, 0.4) is 0 Å². The Hall–Kier alpha value is -0.470. The van der Waals surface area contributed by atoms with E-state index in [-0.39, 0.29) is 12.4 Å². The lowest BCUT2D eigenvalue weighted by atomic mass is 9.90. The Morgan fingerprint density at radius 2 is 1.24 bits per heavy atom. The van der Waals surface area contributed by atoms with E-state index < -0.39 is 0 Å². The molecule has 0 bridgehead atoms. The van der Waals surface area contributed by atoms with E-state index in [0.717, 1.165) is 5.75 Å². The minimum Gasteiger partial charge on any atom is -0.299 e. The summed E-state index contributed by atoms with van der Waals surface area (Å²) in [7, 11) is 0. The first-order valence-corrected chi connectivity index (χ1v) is 6.58.